The minimum absolute atomic E-state index is 0.0312. The Kier molecular flexibility index (Phi) is 8.51. The molecule has 0 aromatic carbocycles. The van der Waals surface area contributed by atoms with Gasteiger partial charge >= 0.3 is 11.9 Å². The van der Waals surface area contributed by atoms with Crippen molar-refractivity contribution in [3.05, 3.63) is 0 Å². The highest BCUT2D eigenvalue weighted by Crippen LogP contribution is 2.38. The van der Waals surface area contributed by atoms with Gasteiger partial charge in [0.05, 0.1) is 13.0 Å². The summed E-state index contributed by atoms with van der Waals surface area (Å²) in [7, 11) is 0. The Hall–Kier alpha value is -1.14. The highest BCUT2D eigenvalue weighted by atomic mass is 16.4. The molecule has 1 aliphatic rings. The summed E-state index contributed by atoms with van der Waals surface area (Å²) in [5, 5.41) is 19.7. The zero-order chi connectivity index (χ0) is 16.5. The number of carbonyl (C=O) groups is 2. The number of hydrogen-bond donors (Lipinski definition) is 4. The largest absolute Gasteiger partial charge is 0.481 e. The second kappa shape index (κ2) is 9.00. The van der Waals surface area contributed by atoms with Gasteiger partial charge in [-0.25, -0.2) is 0 Å². The molecule has 1 saturated carbocycles. The van der Waals surface area contributed by atoms with Crippen LogP contribution in [0.1, 0.15) is 59.3 Å². The number of carboxylic acids is 2. The molecule has 0 unspecified atom stereocenters. The Labute approximate surface area is 127 Å². The third-order valence-electron chi connectivity index (χ3n) is 3.64. The van der Waals surface area contributed by atoms with Crippen LogP contribution in [0.2, 0.25) is 0 Å². The molecule has 0 amide bonds. The summed E-state index contributed by atoms with van der Waals surface area (Å²) in [5.41, 5.74) is 5.45. The Morgan fingerprint density at radius 3 is 1.90 bits per heavy atom. The molecule has 0 spiro atoms. The lowest BCUT2D eigenvalue weighted by molar-refractivity contribution is -0.140. The molecule has 0 radical (unpaired) electrons. The minimum atomic E-state index is -0.815. The molecule has 1 fully saturated rings. The lowest BCUT2D eigenvalue weighted by atomic mass is 9.72. The fourth-order valence-electron chi connectivity index (χ4n) is 2.42. The van der Waals surface area contributed by atoms with Gasteiger partial charge in [-0.15, -0.1) is 0 Å². The van der Waals surface area contributed by atoms with E-state index in [-0.39, 0.29) is 23.9 Å². The van der Waals surface area contributed by atoms with Crippen LogP contribution in [0, 0.1) is 5.41 Å². The zero-order valence-corrected chi connectivity index (χ0v) is 13.4. The SMILES string of the molecule is CC(C)(C)NCC(=O)O.NCC1(CC(=O)O)CCCCC1. The predicted molar refractivity (Wildman–Crippen MR) is 82.2 cm³/mol. The number of hydrogen-bond acceptors (Lipinski definition) is 4. The molecule has 0 aromatic rings. The number of rotatable bonds is 5. The van der Waals surface area contributed by atoms with Crippen LogP contribution in [0.3, 0.4) is 0 Å². The predicted octanol–water partition coefficient (Wildman–Crippen LogP) is 1.83. The summed E-state index contributed by atoms with van der Waals surface area (Å²) >= 11 is 0. The minimum Gasteiger partial charge on any atom is -0.481 e. The quantitative estimate of drug-likeness (QED) is 0.616. The van der Waals surface area contributed by atoms with E-state index in [4.69, 9.17) is 15.9 Å². The van der Waals surface area contributed by atoms with E-state index in [2.05, 4.69) is 5.32 Å². The molecule has 0 aliphatic heterocycles. The van der Waals surface area contributed by atoms with Crippen molar-refractivity contribution in [2.45, 2.75) is 64.8 Å². The third-order valence-corrected chi connectivity index (χ3v) is 3.64. The lowest BCUT2D eigenvalue weighted by Gasteiger charge is -2.34. The van der Waals surface area contributed by atoms with Crippen LogP contribution in [0.5, 0.6) is 0 Å². The van der Waals surface area contributed by atoms with Crippen LogP contribution in [-0.2, 0) is 9.59 Å². The van der Waals surface area contributed by atoms with Crippen molar-refractivity contribution >= 4 is 11.9 Å². The Morgan fingerprint density at radius 2 is 1.62 bits per heavy atom. The molecule has 1 rings (SSSR count). The van der Waals surface area contributed by atoms with Crippen molar-refractivity contribution in [2.24, 2.45) is 11.1 Å². The molecular formula is C15H30N2O4. The van der Waals surface area contributed by atoms with Gasteiger partial charge in [0.15, 0.2) is 0 Å². The summed E-state index contributed by atoms with van der Waals surface area (Å²) in [6, 6.07) is 0. The molecule has 0 bridgehead atoms. The Bertz CT molecular complexity index is 331. The maximum Gasteiger partial charge on any atom is 0.317 e. The van der Waals surface area contributed by atoms with E-state index in [1.165, 1.54) is 6.42 Å². The first-order chi connectivity index (χ1) is 9.60. The summed E-state index contributed by atoms with van der Waals surface area (Å²) in [4.78, 5) is 20.6. The number of carboxylic acid groups (broad SMARTS) is 2. The van der Waals surface area contributed by atoms with E-state index in [0.717, 1.165) is 25.7 Å². The van der Waals surface area contributed by atoms with Crippen LogP contribution in [-0.4, -0.2) is 40.8 Å². The molecule has 0 saturated heterocycles. The van der Waals surface area contributed by atoms with Gasteiger partial charge in [0.25, 0.3) is 0 Å². The van der Waals surface area contributed by atoms with Gasteiger partial charge in [0, 0.05) is 5.54 Å². The lowest BCUT2D eigenvalue weighted by Crippen LogP contribution is -2.39. The first kappa shape index (κ1) is 19.9. The third kappa shape index (κ3) is 10.3. The van der Waals surface area contributed by atoms with Gasteiger partial charge in [-0.3, -0.25) is 9.59 Å². The Balaban J connectivity index is 0.000000400. The maximum atomic E-state index is 10.6. The molecule has 6 nitrogen and oxygen atoms in total. The van der Waals surface area contributed by atoms with Gasteiger partial charge in [0.2, 0.25) is 0 Å². The van der Waals surface area contributed by atoms with E-state index < -0.39 is 11.9 Å². The van der Waals surface area contributed by atoms with E-state index in [1.54, 1.807) is 0 Å². The van der Waals surface area contributed by atoms with Crippen molar-refractivity contribution in [1.82, 2.24) is 5.32 Å². The van der Waals surface area contributed by atoms with Crippen molar-refractivity contribution < 1.29 is 19.8 Å². The zero-order valence-electron chi connectivity index (χ0n) is 13.4. The fraction of sp³-hybridized carbons (Fsp3) is 0.867. The first-order valence-electron chi connectivity index (χ1n) is 7.49. The highest BCUT2D eigenvalue weighted by molar-refractivity contribution is 5.69. The molecule has 5 N–H and O–H groups in total. The normalized spacial score (nSPS) is 17.5. The van der Waals surface area contributed by atoms with E-state index >= 15 is 0 Å². The molecule has 0 atom stereocenters. The topological polar surface area (TPSA) is 113 Å². The highest BCUT2D eigenvalue weighted by Gasteiger charge is 2.32. The van der Waals surface area contributed by atoms with Crippen LogP contribution in [0.15, 0.2) is 0 Å². The van der Waals surface area contributed by atoms with Crippen molar-refractivity contribution in [3.8, 4) is 0 Å². The summed E-state index contributed by atoms with van der Waals surface area (Å²) in [6.07, 6.45) is 5.77. The number of aliphatic carboxylic acids is 2. The second-order valence-corrected chi connectivity index (χ2v) is 6.83. The average Bonchev–Trinajstić information content (AvgIpc) is 2.37. The van der Waals surface area contributed by atoms with Gasteiger partial charge in [0.1, 0.15) is 0 Å². The molecule has 21 heavy (non-hydrogen) atoms. The van der Waals surface area contributed by atoms with Gasteiger partial charge in [-0.1, -0.05) is 19.3 Å². The summed E-state index contributed by atoms with van der Waals surface area (Å²) < 4.78 is 0. The molecule has 0 heterocycles. The molecular weight excluding hydrogens is 272 g/mol. The monoisotopic (exact) mass is 302 g/mol. The van der Waals surface area contributed by atoms with Gasteiger partial charge in [-0.05, 0) is 45.6 Å². The van der Waals surface area contributed by atoms with E-state index in [0.29, 0.717) is 6.54 Å². The van der Waals surface area contributed by atoms with E-state index in [1.807, 2.05) is 20.8 Å². The fourth-order valence-corrected chi connectivity index (χ4v) is 2.42. The van der Waals surface area contributed by atoms with Crippen molar-refractivity contribution in [3.63, 3.8) is 0 Å². The molecule has 0 aromatic heterocycles. The smallest absolute Gasteiger partial charge is 0.317 e. The molecule has 6 heteroatoms. The summed E-state index contributed by atoms with van der Waals surface area (Å²) in [5.74, 6) is -1.52. The van der Waals surface area contributed by atoms with Crippen LogP contribution in [0.4, 0.5) is 0 Å². The van der Waals surface area contributed by atoms with Gasteiger partial charge in [-0.2, -0.15) is 0 Å². The standard InChI is InChI=1S/C9H17NO2.C6H13NO2/c10-7-9(6-8(11)12)4-2-1-3-5-9;1-6(2,3)7-4-5(8)9/h1-7,10H2,(H,11,12);7H,4H2,1-3H3,(H,8,9). The summed E-state index contributed by atoms with van der Waals surface area (Å²) in [6.45, 7) is 6.34. The average molecular weight is 302 g/mol. The molecule has 124 valence electrons. The first-order valence-corrected chi connectivity index (χ1v) is 7.49. The molecule has 1 aliphatic carbocycles. The van der Waals surface area contributed by atoms with Crippen molar-refractivity contribution in [2.75, 3.05) is 13.1 Å². The van der Waals surface area contributed by atoms with Crippen molar-refractivity contribution in [1.29, 1.82) is 0 Å². The van der Waals surface area contributed by atoms with Crippen LogP contribution < -0.4 is 11.1 Å². The number of nitrogens with one attached hydrogen (secondary N) is 1. The van der Waals surface area contributed by atoms with Crippen LogP contribution in [0.25, 0.3) is 0 Å². The maximum absolute atomic E-state index is 10.6. The van der Waals surface area contributed by atoms with E-state index in [9.17, 15) is 9.59 Å². The van der Waals surface area contributed by atoms with Crippen LogP contribution >= 0.6 is 0 Å². The van der Waals surface area contributed by atoms with Gasteiger partial charge < -0.3 is 21.3 Å². The number of nitrogens with two attached hydrogens (primary N) is 1. The Morgan fingerprint density at radius 1 is 1.10 bits per heavy atom. The second-order valence-electron chi connectivity index (χ2n) is 6.83.